The van der Waals surface area contributed by atoms with E-state index < -0.39 is 22.2 Å². The number of hydrogen-bond acceptors (Lipinski definition) is 4. The number of carbonyl (C=O) groups is 1. The van der Waals surface area contributed by atoms with Crippen LogP contribution in [0.3, 0.4) is 0 Å². The number of hydrogen-bond donors (Lipinski definition) is 0. The molecule has 8 heteroatoms. The zero-order valence-electron chi connectivity index (χ0n) is 13.0. The van der Waals surface area contributed by atoms with Gasteiger partial charge in [0.05, 0.1) is 6.61 Å². The van der Waals surface area contributed by atoms with Gasteiger partial charge in [0.1, 0.15) is 16.4 Å². The maximum atomic E-state index is 12.4. The lowest BCUT2D eigenvalue weighted by atomic mass is 10.0. The summed E-state index contributed by atoms with van der Waals surface area (Å²) in [5.74, 6) is -0.708. The first-order valence-electron chi connectivity index (χ1n) is 7.06. The highest BCUT2D eigenvalue weighted by atomic mass is 35.5. The van der Waals surface area contributed by atoms with Crippen molar-refractivity contribution in [3.05, 3.63) is 46.6 Å². The van der Waals surface area contributed by atoms with E-state index in [-0.39, 0.29) is 23.0 Å². The Morgan fingerprint density at radius 3 is 2.43 bits per heavy atom. The zero-order valence-corrected chi connectivity index (χ0v) is 14.6. The smallest absolute Gasteiger partial charge is 0.346 e. The Labute approximate surface area is 140 Å². The van der Waals surface area contributed by atoms with E-state index in [4.69, 9.17) is 16.3 Å². The summed E-state index contributed by atoms with van der Waals surface area (Å²) in [5.41, 5.74) is 0.412. The molecule has 1 aliphatic rings. The van der Waals surface area contributed by atoms with Crippen LogP contribution in [0.4, 0.5) is 0 Å². The highest BCUT2D eigenvalue weighted by Crippen LogP contribution is 2.31. The molecule has 0 atom stereocenters. The molecule has 124 valence electrons. The lowest BCUT2D eigenvalue weighted by molar-refractivity contribution is -0.137. The summed E-state index contributed by atoms with van der Waals surface area (Å²) in [4.78, 5) is 12.3. The fourth-order valence-corrected chi connectivity index (χ4v) is 4.15. The number of benzene rings is 1. The average molecular weight is 357 g/mol. The molecular formula is C15H17ClN2O4S. The van der Waals surface area contributed by atoms with Crippen LogP contribution in [0.15, 0.2) is 45.5 Å². The third-order valence-corrected chi connectivity index (χ3v) is 5.07. The number of halogens is 1. The molecular weight excluding hydrogens is 340 g/mol. The molecule has 1 heterocycles. The molecule has 6 nitrogen and oxygen atoms in total. The topological polar surface area (TPSA) is 76.0 Å². The molecule has 0 unspecified atom stereocenters. The Morgan fingerprint density at radius 2 is 1.91 bits per heavy atom. The van der Waals surface area contributed by atoms with Gasteiger partial charge in [0.15, 0.2) is 0 Å². The number of nitrogens with zero attached hydrogens (tertiary/aromatic N) is 2. The lowest BCUT2D eigenvalue weighted by Crippen LogP contribution is -2.40. The molecule has 0 spiro atoms. The number of esters is 1. The Hall–Kier alpha value is -1.86. The molecule has 23 heavy (non-hydrogen) atoms. The number of carbonyl (C=O) groups excluding carboxylic acids is 1. The molecule has 0 bridgehead atoms. The van der Waals surface area contributed by atoms with E-state index in [0.717, 1.165) is 4.31 Å². The normalized spacial score (nSPS) is 17.3. The first kappa shape index (κ1) is 17.5. The molecule has 1 aromatic carbocycles. The van der Waals surface area contributed by atoms with Crippen LogP contribution in [0, 0.1) is 0 Å². The van der Waals surface area contributed by atoms with Crippen molar-refractivity contribution >= 4 is 33.5 Å². The molecule has 0 saturated carbocycles. The van der Waals surface area contributed by atoms with E-state index in [9.17, 15) is 13.2 Å². The van der Waals surface area contributed by atoms with Crippen molar-refractivity contribution in [1.29, 1.82) is 0 Å². The minimum atomic E-state index is -4.03. The van der Waals surface area contributed by atoms with E-state index in [1.165, 1.54) is 0 Å². The summed E-state index contributed by atoms with van der Waals surface area (Å²) in [6.45, 7) is 5.09. The molecule has 1 aromatic rings. The molecule has 0 fully saturated rings. The Kier molecular flexibility index (Phi) is 5.11. The van der Waals surface area contributed by atoms with Crippen molar-refractivity contribution in [3.8, 4) is 0 Å². The molecule has 0 N–H and O–H groups in total. The fraction of sp³-hybridized carbons (Fsp3) is 0.333. The van der Waals surface area contributed by atoms with Crippen LogP contribution >= 0.6 is 11.6 Å². The number of ether oxygens (including phenoxy) is 1. The van der Waals surface area contributed by atoms with Gasteiger partial charge in [-0.3, -0.25) is 0 Å². The van der Waals surface area contributed by atoms with E-state index in [0.29, 0.717) is 5.56 Å². The second-order valence-electron chi connectivity index (χ2n) is 5.06. The minimum Gasteiger partial charge on any atom is -0.462 e. The lowest BCUT2D eigenvalue weighted by Gasteiger charge is -2.30. The third kappa shape index (κ3) is 3.40. The average Bonchev–Trinajstić information content (AvgIpc) is 2.46. The summed E-state index contributed by atoms with van der Waals surface area (Å²) in [6.07, 6.45) is 0. The van der Waals surface area contributed by atoms with Gasteiger partial charge in [-0.1, -0.05) is 41.9 Å². The van der Waals surface area contributed by atoms with Crippen molar-refractivity contribution in [2.24, 2.45) is 4.40 Å². The molecule has 0 radical (unpaired) electrons. The zero-order chi connectivity index (χ0) is 17.2. The maximum absolute atomic E-state index is 12.4. The highest BCUT2D eigenvalue weighted by Gasteiger charge is 2.38. The molecule has 0 amide bonds. The molecule has 0 aliphatic carbocycles. The van der Waals surface area contributed by atoms with Gasteiger partial charge in [0.25, 0.3) is 0 Å². The van der Waals surface area contributed by atoms with Gasteiger partial charge in [-0.2, -0.15) is 8.42 Å². The summed E-state index contributed by atoms with van der Waals surface area (Å²) in [5, 5.41) is -0.202. The maximum Gasteiger partial charge on any atom is 0.346 e. The standard InChI is InChI=1S/C15H17ClN2O4S/c1-4-22-15(19)12-13(11-8-6-5-7-9-11)17-23(20,21)18(10(2)3)14(12)16/h5-10H,4H2,1-3H3. The summed E-state index contributed by atoms with van der Waals surface area (Å²) in [7, 11) is -4.03. The summed E-state index contributed by atoms with van der Waals surface area (Å²) in [6, 6.07) is 8.03. The van der Waals surface area contributed by atoms with E-state index in [1.54, 1.807) is 51.1 Å². The highest BCUT2D eigenvalue weighted by molar-refractivity contribution is 7.88. The quantitative estimate of drug-likeness (QED) is 0.613. The van der Waals surface area contributed by atoms with Crippen molar-refractivity contribution in [2.75, 3.05) is 6.61 Å². The van der Waals surface area contributed by atoms with Crippen molar-refractivity contribution in [3.63, 3.8) is 0 Å². The monoisotopic (exact) mass is 356 g/mol. The van der Waals surface area contributed by atoms with Crippen LogP contribution in [0.25, 0.3) is 0 Å². The largest absolute Gasteiger partial charge is 0.462 e. The Morgan fingerprint density at radius 1 is 1.30 bits per heavy atom. The SMILES string of the molecule is CCOC(=O)C1=C(Cl)N(C(C)C)S(=O)(=O)N=C1c1ccccc1. The van der Waals surface area contributed by atoms with Crippen LogP contribution in [-0.4, -0.2) is 37.1 Å². The van der Waals surface area contributed by atoms with Gasteiger partial charge in [-0.15, -0.1) is 4.40 Å². The van der Waals surface area contributed by atoms with Gasteiger partial charge >= 0.3 is 16.2 Å². The molecule has 1 aliphatic heterocycles. The van der Waals surface area contributed by atoms with Crippen molar-refractivity contribution < 1.29 is 17.9 Å². The van der Waals surface area contributed by atoms with Gasteiger partial charge in [0.2, 0.25) is 0 Å². The first-order chi connectivity index (χ1) is 10.8. The van der Waals surface area contributed by atoms with Gasteiger partial charge in [0, 0.05) is 11.6 Å². The summed E-state index contributed by atoms with van der Waals surface area (Å²) < 4.78 is 34.5. The van der Waals surface area contributed by atoms with E-state index >= 15 is 0 Å². The van der Waals surface area contributed by atoms with Gasteiger partial charge < -0.3 is 4.74 Å². The van der Waals surface area contributed by atoms with Crippen molar-refractivity contribution in [1.82, 2.24) is 4.31 Å². The molecule has 0 saturated heterocycles. The second-order valence-corrected chi connectivity index (χ2v) is 6.89. The summed E-state index contributed by atoms with van der Waals surface area (Å²) >= 11 is 6.25. The first-order valence-corrected chi connectivity index (χ1v) is 8.84. The molecule has 2 rings (SSSR count). The third-order valence-electron chi connectivity index (χ3n) is 3.09. The van der Waals surface area contributed by atoms with Crippen LogP contribution in [-0.2, 0) is 19.7 Å². The van der Waals surface area contributed by atoms with Gasteiger partial charge in [-0.05, 0) is 20.8 Å². The van der Waals surface area contributed by atoms with Crippen LogP contribution in [0.5, 0.6) is 0 Å². The Balaban J connectivity index is 2.70. The predicted octanol–water partition coefficient (Wildman–Crippen LogP) is 2.46. The Bertz CT molecular complexity index is 770. The van der Waals surface area contributed by atoms with Crippen molar-refractivity contribution in [2.45, 2.75) is 26.8 Å². The van der Waals surface area contributed by atoms with Gasteiger partial charge in [-0.25, -0.2) is 9.10 Å². The van der Waals surface area contributed by atoms with E-state index in [1.807, 2.05) is 0 Å². The predicted molar refractivity (Wildman–Crippen MR) is 88.4 cm³/mol. The van der Waals surface area contributed by atoms with E-state index in [2.05, 4.69) is 4.40 Å². The number of rotatable bonds is 4. The molecule has 0 aromatic heterocycles. The van der Waals surface area contributed by atoms with Crippen LogP contribution in [0.2, 0.25) is 0 Å². The fourth-order valence-electron chi connectivity index (χ4n) is 2.18. The van der Waals surface area contributed by atoms with Crippen LogP contribution < -0.4 is 0 Å². The second kappa shape index (κ2) is 6.72. The minimum absolute atomic E-state index is 0.00838. The van der Waals surface area contributed by atoms with Crippen LogP contribution in [0.1, 0.15) is 26.3 Å².